The standard InChI is InChI=1S/C13H10N2OS2/c16-18(10-6-2-1-3-7-10)12-9-5-4-8-11(12)14-13(17)15-18/h1-9H,(H,14,15,16,17). The third-order valence-electron chi connectivity index (χ3n) is 2.70. The molecule has 0 fully saturated rings. The van der Waals surface area contributed by atoms with Crippen LogP contribution in [0.5, 0.6) is 0 Å². The highest BCUT2D eigenvalue weighted by molar-refractivity contribution is 7.95. The molecule has 3 rings (SSSR count). The van der Waals surface area contributed by atoms with Crippen molar-refractivity contribution in [3.8, 4) is 0 Å². The Morgan fingerprint density at radius 1 is 1.00 bits per heavy atom. The van der Waals surface area contributed by atoms with Crippen LogP contribution in [-0.4, -0.2) is 9.32 Å². The van der Waals surface area contributed by atoms with Gasteiger partial charge in [0.25, 0.3) is 0 Å². The van der Waals surface area contributed by atoms with Gasteiger partial charge in [-0.15, -0.1) is 0 Å². The Bertz CT molecular complexity index is 732. The van der Waals surface area contributed by atoms with Crippen LogP contribution in [0.25, 0.3) is 0 Å². The lowest BCUT2D eigenvalue weighted by atomic mass is 10.3. The van der Waals surface area contributed by atoms with Crippen molar-refractivity contribution < 1.29 is 4.21 Å². The molecular formula is C13H10N2OS2. The van der Waals surface area contributed by atoms with Gasteiger partial charge in [0.05, 0.1) is 15.5 Å². The molecule has 0 radical (unpaired) electrons. The van der Waals surface area contributed by atoms with Crippen LogP contribution in [0, 0.1) is 0 Å². The molecule has 3 nitrogen and oxygen atoms in total. The topological polar surface area (TPSA) is 41.5 Å². The highest BCUT2D eigenvalue weighted by atomic mass is 32.2. The number of fused-ring (bicyclic) bond motifs is 1. The Morgan fingerprint density at radius 2 is 1.67 bits per heavy atom. The number of nitrogens with zero attached hydrogens (tertiary/aromatic N) is 1. The number of rotatable bonds is 1. The number of para-hydroxylation sites is 1. The highest BCUT2D eigenvalue weighted by Crippen LogP contribution is 2.32. The van der Waals surface area contributed by atoms with Gasteiger partial charge in [0.2, 0.25) is 5.11 Å². The second-order valence-electron chi connectivity index (χ2n) is 3.86. The molecule has 2 aromatic carbocycles. The van der Waals surface area contributed by atoms with Gasteiger partial charge in [-0.05, 0) is 36.5 Å². The van der Waals surface area contributed by atoms with Gasteiger partial charge in [0, 0.05) is 0 Å². The van der Waals surface area contributed by atoms with Gasteiger partial charge in [-0.3, -0.25) is 0 Å². The summed E-state index contributed by atoms with van der Waals surface area (Å²) in [5.41, 5.74) is 0.770. The van der Waals surface area contributed by atoms with Gasteiger partial charge < -0.3 is 5.32 Å². The van der Waals surface area contributed by atoms with Crippen molar-refractivity contribution in [3.63, 3.8) is 0 Å². The van der Waals surface area contributed by atoms with Gasteiger partial charge in [-0.2, -0.15) is 4.36 Å². The third-order valence-corrected chi connectivity index (χ3v) is 5.31. The Hall–Kier alpha value is -1.72. The summed E-state index contributed by atoms with van der Waals surface area (Å²) < 4.78 is 17.3. The van der Waals surface area contributed by atoms with E-state index < -0.39 is 9.73 Å². The van der Waals surface area contributed by atoms with E-state index in [0.717, 1.165) is 5.69 Å². The first kappa shape index (κ1) is 11.4. The number of benzene rings is 2. The van der Waals surface area contributed by atoms with E-state index >= 15 is 0 Å². The minimum atomic E-state index is -2.66. The Morgan fingerprint density at radius 3 is 2.44 bits per heavy atom. The lowest BCUT2D eigenvalue weighted by Crippen LogP contribution is -2.19. The predicted octanol–water partition coefficient (Wildman–Crippen LogP) is 3.28. The van der Waals surface area contributed by atoms with Gasteiger partial charge in [0.1, 0.15) is 9.73 Å². The van der Waals surface area contributed by atoms with Gasteiger partial charge in [-0.1, -0.05) is 30.3 Å². The molecule has 0 spiro atoms. The maximum Gasteiger partial charge on any atom is 0.206 e. The molecule has 1 unspecified atom stereocenters. The van der Waals surface area contributed by atoms with Gasteiger partial charge >= 0.3 is 0 Å². The van der Waals surface area contributed by atoms with Crippen LogP contribution >= 0.6 is 12.2 Å². The van der Waals surface area contributed by atoms with E-state index in [1.807, 2.05) is 54.6 Å². The van der Waals surface area contributed by atoms with Crippen molar-refractivity contribution >= 4 is 32.7 Å². The van der Waals surface area contributed by atoms with Crippen molar-refractivity contribution in [2.75, 3.05) is 5.32 Å². The lowest BCUT2D eigenvalue weighted by molar-refractivity contribution is 0.677. The van der Waals surface area contributed by atoms with Crippen LogP contribution in [0.1, 0.15) is 0 Å². The first-order valence-electron chi connectivity index (χ1n) is 5.42. The number of hydrogen-bond donors (Lipinski definition) is 1. The molecule has 0 aliphatic carbocycles. The third kappa shape index (κ3) is 1.72. The second-order valence-corrected chi connectivity index (χ2v) is 6.39. The number of hydrogen-bond acceptors (Lipinski definition) is 2. The summed E-state index contributed by atoms with van der Waals surface area (Å²) in [6, 6.07) is 16.6. The molecular weight excluding hydrogens is 264 g/mol. The van der Waals surface area contributed by atoms with Crippen LogP contribution < -0.4 is 5.32 Å². The van der Waals surface area contributed by atoms with Gasteiger partial charge in [0.15, 0.2) is 0 Å². The van der Waals surface area contributed by atoms with E-state index in [2.05, 4.69) is 9.68 Å². The molecule has 0 aromatic heterocycles. The number of nitrogens with one attached hydrogen (secondary N) is 1. The fraction of sp³-hybridized carbons (Fsp3) is 0. The Labute approximate surface area is 111 Å². The van der Waals surface area contributed by atoms with Crippen LogP contribution in [0.15, 0.2) is 68.8 Å². The highest BCUT2D eigenvalue weighted by Gasteiger charge is 2.24. The molecule has 0 bridgehead atoms. The van der Waals surface area contributed by atoms with E-state index in [1.54, 1.807) is 0 Å². The maximum absolute atomic E-state index is 13.1. The molecule has 0 amide bonds. The summed E-state index contributed by atoms with van der Waals surface area (Å²) in [5.74, 6) is 0. The summed E-state index contributed by atoms with van der Waals surface area (Å²) >= 11 is 5.07. The Balaban J connectivity index is 2.34. The second kappa shape index (κ2) is 4.19. The van der Waals surface area contributed by atoms with E-state index in [0.29, 0.717) is 9.79 Å². The molecule has 5 heteroatoms. The Kier molecular flexibility index (Phi) is 2.65. The molecule has 1 aliphatic rings. The van der Waals surface area contributed by atoms with E-state index in [-0.39, 0.29) is 5.11 Å². The number of thiocarbonyl (C=S) groups is 1. The largest absolute Gasteiger partial charge is 0.329 e. The van der Waals surface area contributed by atoms with Crippen molar-refractivity contribution in [1.29, 1.82) is 0 Å². The quantitative estimate of drug-likeness (QED) is 0.811. The van der Waals surface area contributed by atoms with E-state index in [9.17, 15) is 4.21 Å². The zero-order valence-electron chi connectivity index (χ0n) is 9.37. The SMILES string of the molecule is O=S1(c2ccccc2)=NC(=S)Nc2ccccc21. The summed E-state index contributed by atoms with van der Waals surface area (Å²) in [4.78, 5) is 1.37. The summed E-state index contributed by atoms with van der Waals surface area (Å²) in [5, 5.41) is 3.24. The van der Waals surface area contributed by atoms with Gasteiger partial charge in [-0.25, -0.2) is 4.21 Å². The van der Waals surface area contributed by atoms with Crippen LogP contribution in [0.4, 0.5) is 5.69 Å². The predicted molar refractivity (Wildman–Crippen MR) is 76.2 cm³/mol. The maximum atomic E-state index is 13.1. The van der Waals surface area contributed by atoms with Crippen LogP contribution in [0.2, 0.25) is 0 Å². The average molecular weight is 274 g/mol. The first-order chi connectivity index (χ1) is 8.70. The summed E-state index contributed by atoms with van der Waals surface area (Å²) in [7, 11) is -2.66. The summed E-state index contributed by atoms with van der Waals surface area (Å²) in [6.07, 6.45) is 0. The van der Waals surface area contributed by atoms with Crippen molar-refractivity contribution in [1.82, 2.24) is 0 Å². The number of anilines is 1. The van der Waals surface area contributed by atoms with E-state index in [1.165, 1.54) is 0 Å². The monoisotopic (exact) mass is 274 g/mol. The minimum Gasteiger partial charge on any atom is -0.329 e. The first-order valence-corrected chi connectivity index (χ1v) is 7.35. The molecule has 18 heavy (non-hydrogen) atoms. The zero-order chi connectivity index (χ0) is 12.6. The molecule has 90 valence electrons. The average Bonchev–Trinajstić information content (AvgIpc) is 2.39. The van der Waals surface area contributed by atoms with Crippen molar-refractivity contribution in [3.05, 3.63) is 54.6 Å². The van der Waals surface area contributed by atoms with Crippen molar-refractivity contribution in [2.24, 2.45) is 4.36 Å². The molecule has 0 saturated heterocycles. The van der Waals surface area contributed by atoms with Crippen LogP contribution in [0.3, 0.4) is 0 Å². The summed E-state index contributed by atoms with van der Waals surface area (Å²) in [6.45, 7) is 0. The smallest absolute Gasteiger partial charge is 0.206 e. The minimum absolute atomic E-state index is 0.266. The van der Waals surface area contributed by atoms with Crippen LogP contribution in [-0.2, 0) is 9.73 Å². The fourth-order valence-corrected chi connectivity index (χ4v) is 4.27. The molecule has 1 heterocycles. The fourth-order valence-electron chi connectivity index (χ4n) is 1.90. The molecule has 2 aromatic rings. The van der Waals surface area contributed by atoms with E-state index in [4.69, 9.17) is 12.2 Å². The lowest BCUT2D eigenvalue weighted by Gasteiger charge is -2.20. The molecule has 1 atom stereocenters. The van der Waals surface area contributed by atoms with Crippen molar-refractivity contribution in [2.45, 2.75) is 9.79 Å². The molecule has 1 aliphatic heterocycles. The molecule has 0 saturated carbocycles. The normalized spacial score (nSPS) is 21.7. The zero-order valence-corrected chi connectivity index (χ0v) is 11.0. The molecule has 1 N–H and O–H groups in total.